The van der Waals surface area contributed by atoms with E-state index in [4.69, 9.17) is 34.8 Å². The van der Waals surface area contributed by atoms with Gasteiger partial charge >= 0.3 is 0 Å². The van der Waals surface area contributed by atoms with Crippen LogP contribution in [0.1, 0.15) is 57.7 Å². The first kappa shape index (κ1) is 23.2. The summed E-state index contributed by atoms with van der Waals surface area (Å²) in [4.78, 5) is 27.0. The van der Waals surface area contributed by atoms with Gasteiger partial charge in [0.25, 0.3) is 0 Å². The van der Waals surface area contributed by atoms with E-state index in [0.29, 0.717) is 23.1 Å². The fraction of sp³-hybridized carbons (Fsp3) is 0.333. The minimum atomic E-state index is -4.06. The van der Waals surface area contributed by atoms with E-state index in [9.17, 15) is 14.2 Å². The summed E-state index contributed by atoms with van der Waals surface area (Å²) in [5.41, 5.74) is 0.437. The van der Waals surface area contributed by atoms with E-state index in [1.807, 2.05) is 19.1 Å². The Kier molecular flexibility index (Phi) is 7.21. The first-order chi connectivity index (χ1) is 12.9. The number of benzene rings is 2. The second-order valence-electron chi connectivity index (χ2n) is 7.04. The summed E-state index contributed by atoms with van der Waals surface area (Å²) in [7, 11) is -4.06. The van der Waals surface area contributed by atoms with Crippen LogP contribution in [0.25, 0.3) is 0 Å². The van der Waals surface area contributed by atoms with Gasteiger partial charge in [0.15, 0.2) is 0 Å². The Bertz CT molecular complexity index is 894. The molecule has 0 bridgehead atoms. The van der Waals surface area contributed by atoms with Crippen LogP contribution in [0, 0.1) is 20.8 Å². The molecule has 0 N–H and O–H groups in total. The van der Waals surface area contributed by atoms with Crippen molar-refractivity contribution in [3.63, 3.8) is 0 Å². The number of halogens is 3. The zero-order valence-corrected chi connectivity index (χ0v) is 19.6. The first-order valence-electron chi connectivity index (χ1n) is 8.87. The molecule has 2 atom stereocenters. The van der Waals surface area contributed by atoms with E-state index in [2.05, 4.69) is 0 Å². The van der Waals surface area contributed by atoms with Crippen LogP contribution in [-0.4, -0.2) is 16.7 Å². The number of carbonyl (C=O) groups excluding carboxylic acids is 2. The average molecular weight is 460 g/mol. The third kappa shape index (κ3) is 4.09. The van der Waals surface area contributed by atoms with Gasteiger partial charge in [-0.05, 0) is 50.5 Å². The van der Waals surface area contributed by atoms with Gasteiger partial charge in [-0.3, -0.25) is 9.59 Å². The molecular formula is C21H22Cl3O3P. The highest BCUT2D eigenvalue weighted by molar-refractivity contribution is 7.96. The van der Waals surface area contributed by atoms with Gasteiger partial charge in [0.2, 0.25) is 18.2 Å². The molecule has 7 heteroatoms. The van der Waals surface area contributed by atoms with E-state index in [1.165, 1.54) is 12.1 Å². The zero-order valence-electron chi connectivity index (χ0n) is 16.4. The summed E-state index contributed by atoms with van der Waals surface area (Å²) in [5, 5.41) is 0.217. The third-order valence-electron chi connectivity index (χ3n) is 4.93. The van der Waals surface area contributed by atoms with Gasteiger partial charge < -0.3 is 4.57 Å². The molecule has 0 aliphatic carbocycles. The maximum Gasteiger partial charge on any atom is 0.232 e. The molecule has 0 amide bonds. The number of carbonyl (C=O) groups is 2. The van der Waals surface area contributed by atoms with Crippen LogP contribution in [0.15, 0.2) is 24.3 Å². The molecule has 0 saturated heterocycles. The molecular weight excluding hydrogens is 438 g/mol. The molecule has 0 aromatic heterocycles. The van der Waals surface area contributed by atoms with E-state index < -0.39 is 23.8 Å². The molecule has 0 spiro atoms. The highest BCUT2D eigenvalue weighted by atomic mass is 35.5. The Morgan fingerprint density at radius 2 is 1.32 bits per heavy atom. The molecule has 0 fully saturated rings. The van der Waals surface area contributed by atoms with Crippen molar-refractivity contribution in [3.05, 3.63) is 67.2 Å². The maximum absolute atomic E-state index is 14.1. The van der Waals surface area contributed by atoms with Crippen molar-refractivity contribution < 1.29 is 14.2 Å². The molecule has 0 aliphatic heterocycles. The number of hydrogen-bond acceptors (Lipinski definition) is 3. The molecule has 3 nitrogen and oxygen atoms in total. The molecule has 0 heterocycles. The second-order valence-corrected chi connectivity index (χ2v) is 11.3. The Morgan fingerprint density at radius 3 is 1.75 bits per heavy atom. The standard InChI is InChI=1S/C21H22Cl3O3P/c1-6-14(5)28(27,20(25)18-12(3)7-11(2)8-13(18)4)21(26)19-16(23)9-15(22)10-17(19)24/h7-10,14H,6H2,1-5H3. The molecule has 2 aromatic carbocycles. The molecule has 2 unspecified atom stereocenters. The van der Waals surface area contributed by atoms with E-state index in [-0.39, 0.29) is 20.6 Å². The van der Waals surface area contributed by atoms with Gasteiger partial charge in [-0.25, -0.2) is 0 Å². The number of rotatable bonds is 6. The third-order valence-corrected chi connectivity index (χ3v) is 9.00. The lowest BCUT2D eigenvalue weighted by Crippen LogP contribution is -2.21. The minimum Gasteiger partial charge on any atom is -0.306 e. The van der Waals surface area contributed by atoms with Crippen LogP contribution in [-0.2, 0) is 4.57 Å². The van der Waals surface area contributed by atoms with Crippen molar-refractivity contribution in [2.45, 2.75) is 46.7 Å². The van der Waals surface area contributed by atoms with E-state index in [0.717, 1.165) is 5.56 Å². The second kappa shape index (κ2) is 8.71. The average Bonchev–Trinajstić information content (AvgIpc) is 2.58. The molecule has 0 aliphatic rings. The first-order valence-corrected chi connectivity index (χ1v) is 11.8. The van der Waals surface area contributed by atoms with E-state index >= 15 is 0 Å². The fourth-order valence-corrected chi connectivity index (χ4v) is 7.22. The lowest BCUT2D eigenvalue weighted by Gasteiger charge is -2.24. The Labute approximate surface area is 180 Å². The van der Waals surface area contributed by atoms with Crippen LogP contribution in [0.4, 0.5) is 0 Å². The van der Waals surface area contributed by atoms with Gasteiger partial charge in [-0.15, -0.1) is 0 Å². The lowest BCUT2D eigenvalue weighted by molar-refractivity contribution is 0.103. The largest absolute Gasteiger partial charge is 0.306 e. The predicted octanol–water partition coefficient (Wildman–Crippen LogP) is 7.71. The Balaban J connectivity index is 2.75. The molecule has 0 saturated carbocycles. The van der Waals surface area contributed by atoms with Crippen molar-refractivity contribution in [3.8, 4) is 0 Å². The monoisotopic (exact) mass is 458 g/mol. The zero-order chi connectivity index (χ0) is 21.4. The molecule has 150 valence electrons. The van der Waals surface area contributed by atoms with E-state index in [1.54, 1.807) is 27.7 Å². The Hall–Kier alpha value is -1.12. The summed E-state index contributed by atoms with van der Waals surface area (Å²) in [6, 6.07) is 6.40. The molecule has 28 heavy (non-hydrogen) atoms. The normalized spacial score (nSPS) is 14.4. The molecule has 2 aromatic rings. The summed E-state index contributed by atoms with van der Waals surface area (Å²) in [6.45, 7) is 8.91. The molecule has 0 radical (unpaired) electrons. The fourth-order valence-electron chi connectivity index (χ4n) is 3.35. The van der Waals surface area contributed by atoms with Crippen LogP contribution in [0.5, 0.6) is 0 Å². The smallest absolute Gasteiger partial charge is 0.232 e. The van der Waals surface area contributed by atoms with Gasteiger partial charge in [0.05, 0.1) is 15.6 Å². The lowest BCUT2D eigenvalue weighted by atomic mass is 10.0. The van der Waals surface area contributed by atoms with Gasteiger partial charge in [0.1, 0.15) is 0 Å². The molecule has 2 rings (SSSR count). The van der Waals surface area contributed by atoms with Gasteiger partial charge in [-0.1, -0.05) is 66.3 Å². The quantitative estimate of drug-likeness (QED) is 0.416. The maximum atomic E-state index is 14.1. The van der Waals surface area contributed by atoms with Gasteiger partial charge in [0, 0.05) is 16.2 Å². The van der Waals surface area contributed by atoms with Crippen molar-refractivity contribution in [1.82, 2.24) is 0 Å². The summed E-state index contributed by atoms with van der Waals surface area (Å²) >= 11 is 18.3. The van der Waals surface area contributed by atoms with Gasteiger partial charge in [-0.2, -0.15) is 0 Å². The minimum absolute atomic E-state index is 0.0174. The number of hydrogen-bond donors (Lipinski definition) is 0. The van der Waals surface area contributed by atoms with Crippen molar-refractivity contribution >= 4 is 53.0 Å². The highest BCUT2D eigenvalue weighted by Gasteiger charge is 2.47. The summed E-state index contributed by atoms with van der Waals surface area (Å²) in [6.07, 6.45) is 0.390. The predicted molar refractivity (Wildman–Crippen MR) is 118 cm³/mol. The van der Waals surface area contributed by atoms with Crippen LogP contribution >= 0.6 is 41.9 Å². The van der Waals surface area contributed by atoms with Crippen LogP contribution < -0.4 is 0 Å². The SMILES string of the molecule is CCC(C)P(=O)(C(=O)c1c(C)cc(C)cc1C)C(=O)c1c(Cl)cc(Cl)cc1Cl. The van der Waals surface area contributed by atoms with Crippen molar-refractivity contribution in [2.24, 2.45) is 0 Å². The topological polar surface area (TPSA) is 51.2 Å². The van der Waals surface area contributed by atoms with Crippen molar-refractivity contribution in [1.29, 1.82) is 0 Å². The number of aryl methyl sites for hydroxylation is 3. The van der Waals surface area contributed by atoms with Crippen LogP contribution in [0.2, 0.25) is 15.1 Å². The Morgan fingerprint density at radius 1 is 0.893 bits per heavy atom. The summed E-state index contributed by atoms with van der Waals surface area (Å²) < 4.78 is 14.1. The highest BCUT2D eigenvalue weighted by Crippen LogP contribution is 2.59. The summed E-state index contributed by atoms with van der Waals surface area (Å²) in [5.74, 6) is 0. The van der Waals surface area contributed by atoms with Crippen LogP contribution in [0.3, 0.4) is 0 Å². The van der Waals surface area contributed by atoms with Crippen molar-refractivity contribution in [2.75, 3.05) is 0 Å².